The van der Waals surface area contributed by atoms with Gasteiger partial charge in [0, 0.05) is 12.3 Å². The highest BCUT2D eigenvalue weighted by Gasteiger charge is 2.30. The summed E-state index contributed by atoms with van der Waals surface area (Å²) in [5.74, 6) is -0.608. The van der Waals surface area contributed by atoms with Crippen LogP contribution in [0.2, 0.25) is 0 Å². The van der Waals surface area contributed by atoms with E-state index in [0.29, 0.717) is 5.56 Å². The molecule has 2 rings (SSSR count). The average Bonchev–Trinajstić information content (AvgIpc) is 2.52. The van der Waals surface area contributed by atoms with Gasteiger partial charge in [0.05, 0.1) is 16.2 Å². The zero-order chi connectivity index (χ0) is 20.5. The largest absolute Gasteiger partial charge is 0.416 e. The molecule has 0 aliphatic rings. The molecule has 0 saturated carbocycles. The van der Waals surface area contributed by atoms with Gasteiger partial charge in [-0.15, -0.1) is 0 Å². The number of rotatable bonds is 6. The molecule has 27 heavy (non-hydrogen) atoms. The van der Waals surface area contributed by atoms with Crippen molar-refractivity contribution < 1.29 is 30.0 Å². The highest BCUT2D eigenvalue weighted by atomic mass is 32.2. The van der Waals surface area contributed by atoms with E-state index in [1.807, 2.05) is 0 Å². The fraction of sp³-hybridized carbons (Fsp3) is 0.294. The van der Waals surface area contributed by atoms with Crippen molar-refractivity contribution in [3.8, 4) is 0 Å². The first-order valence-electron chi connectivity index (χ1n) is 7.74. The van der Waals surface area contributed by atoms with Crippen LogP contribution in [0.25, 0.3) is 0 Å². The van der Waals surface area contributed by atoms with Gasteiger partial charge in [-0.3, -0.25) is 0 Å². The summed E-state index contributed by atoms with van der Waals surface area (Å²) in [5, 5.41) is 0. The zero-order valence-corrected chi connectivity index (χ0v) is 16.1. The maximum absolute atomic E-state index is 12.7. The van der Waals surface area contributed by atoms with E-state index >= 15 is 0 Å². The standard InChI is InChI=1S/C17H18F3NO4S2/c1-12(14-6-8-16(9-7-14)26(2,22)23)21-27(24,25)11-13-4-3-5-15(10-13)17(18,19)20/h3-10,12,21H,11H2,1-2H3. The second-order valence-electron chi connectivity index (χ2n) is 6.14. The summed E-state index contributed by atoms with van der Waals surface area (Å²) in [7, 11) is -7.29. The minimum atomic E-state index is -4.55. The summed E-state index contributed by atoms with van der Waals surface area (Å²) < 4.78 is 88.1. The van der Waals surface area contributed by atoms with E-state index in [2.05, 4.69) is 4.72 Å². The Morgan fingerprint density at radius 1 is 1.00 bits per heavy atom. The van der Waals surface area contributed by atoms with Gasteiger partial charge in [0.15, 0.2) is 9.84 Å². The molecule has 2 aromatic rings. The molecule has 0 radical (unpaired) electrons. The van der Waals surface area contributed by atoms with Crippen molar-refractivity contribution in [3.63, 3.8) is 0 Å². The molecule has 2 aromatic carbocycles. The molecular formula is C17H18F3NO4S2. The van der Waals surface area contributed by atoms with Gasteiger partial charge in [0.1, 0.15) is 0 Å². The van der Waals surface area contributed by atoms with Crippen molar-refractivity contribution in [2.24, 2.45) is 0 Å². The Kier molecular flexibility index (Phi) is 6.03. The van der Waals surface area contributed by atoms with Gasteiger partial charge in [-0.2, -0.15) is 13.2 Å². The van der Waals surface area contributed by atoms with Crippen molar-refractivity contribution in [3.05, 3.63) is 65.2 Å². The van der Waals surface area contributed by atoms with E-state index in [0.717, 1.165) is 24.5 Å². The predicted octanol–water partition coefficient (Wildman–Crippen LogP) is 3.29. The summed E-state index contributed by atoms with van der Waals surface area (Å²) in [6, 6.07) is 9.13. The van der Waals surface area contributed by atoms with Crippen LogP contribution in [-0.2, 0) is 31.8 Å². The molecule has 10 heteroatoms. The highest BCUT2D eigenvalue weighted by Crippen LogP contribution is 2.30. The predicted molar refractivity (Wildman–Crippen MR) is 95.2 cm³/mol. The number of alkyl halides is 3. The number of hydrogen-bond donors (Lipinski definition) is 1. The van der Waals surface area contributed by atoms with Gasteiger partial charge in [-0.05, 0) is 36.2 Å². The maximum Gasteiger partial charge on any atom is 0.416 e. The second-order valence-corrected chi connectivity index (χ2v) is 9.91. The molecule has 0 bridgehead atoms. The summed E-state index contributed by atoms with van der Waals surface area (Å²) >= 11 is 0. The molecule has 0 heterocycles. The lowest BCUT2D eigenvalue weighted by molar-refractivity contribution is -0.137. The van der Waals surface area contributed by atoms with Gasteiger partial charge < -0.3 is 0 Å². The third-order valence-electron chi connectivity index (χ3n) is 3.78. The number of benzene rings is 2. The zero-order valence-electron chi connectivity index (χ0n) is 14.5. The van der Waals surface area contributed by atoms with Crippen LogP contribution in [0.3, 0.4) is 0 Å². The van der Waals surface area contributed by atoms with Crippen LogP contribution in [0.15, 0.2) is 53.4 Å². The van der Waals surface area contributed by atoms with Crippen LogP contribution < -0.4 is 4.72 Å². The number of hydrogen-bond acceptors (Lipinski definition) is 4. The summed E-state index contributed by atoms with van der Waals surface area (Å²) in [5.41, 5.74) is -0.383. The minimum Gasteiger partial charge on any atom is -0.224 e. The Bertz CT molecular complexity index is 1010. The fourth-order valence-electron chi connectivity index (χ4n) is 2.44. The van der Waals surface area contributed by atoms with E-state index in [9.17, 15) is 30.0 Å². The fourth-order valence-corrected chi connectivity index (χ4v) is 4.45. The van der Waals surface area contributed by atoms with Crippen LogP contribution >= 0.6 is 0 Å². The monoisotopic (exact) mass is 421 g/mol. The summed E-state index contributed by atoms with van der Waals surface area (Å²) in [6.07, 6.45) is -3.49. The quantitative estimate of drug-likeness (QED) is 0.776. The smallest absolute Gasteiger partial charge is 0.224 e. The van der Waals surface area contributed by atoms with Crippen LogP contribution in [0.5, 0.6) is 0 Å². The van der Waals surface area contributed by atoms with Crippen LogP contribution in [0.4, 0.5) is 13.2 Å². The van der Waals surface area contributed by atoms with E-state index in [4.69, 9.17) is 0 Å². The second kappa shape index (κ2) is 7.61. The summed E-state index contributed by atoms with van der Waals surface area (Å²) in [4.78, 5) is 0.102. The first-order chi connectivity index (χ1) is 12.3. The van der Waals surface area contributed by atoms with Gasteiger partial charge >= 0.3 is 6.18 Å². The van der Waals surface area contributed by atoms with Gasteiger partial charge in [0.25, 0.3) is 0 Å². The topological polar surface area (TPSA) is 80.3 Å². The molecule has 0 amide bonds. The van der Waals surface area contributed by atoms with E-state index in [1.165, 1.54) is 30.3 Å². The molecule has 148 valence electrons. The third kappa shape index (κ3) is 6.05. The first kappa shape index (κ1) is 21.4. The molecule has 0 fully saturated rings. The number of sulfone groups is 1. The Hall–Kier alpha value is -1.91. The van der Waals surface area contributed by atoms with Crippen LogP contribution in [0.1, 0.15) is 29.7 Å². The van der Waals surface area contributed by atoms with Crippen molar-refractivity contribution in [1.29, 1.82) is 0 Å². The van der Waals surface area contributed by atoms with Crippen molar-refractivity contribution in [2.45, 2.75) is 29.8 Å². The number of nitrogens with one attached hydrogen (secondary N) is 1. The van der Waals surface area contributed by atoms with Gasteiger partial charge in [0.2, 0.25) is 10.0 Å². The van der Waals surface area contributed by atoms with Gasteiger partial charge in [-0.25, -0.2) is 21.6 Å². The lowest BCUT2D eigenvalue weighted by atomic mass is 10.1. The molecular weight excluding hydrogens is 403 g/mol. The normalized spacial score (nSPS) is 14.1. The summed E-state index contributed by atoms with van der Waals surface area (Å²) in [6.45, 7) is 1.55. The Morgan fingerprint density at radius 2 is 1.59 bits per heavy atom. The number of halogens is 3. The SMILES string of the molecule is CC(NS(=O)(=O)Cc1cccc(C(F)(F)F)c1)c1ccc(S(C)(=O)=O)cc1. The van der Waals surface area contributed by atoms with Crippen molar-refractivity contribution >= 4 is 19.9 Å². The van der Waals surface area contributed by atoms with Crippen molar-refractivity contribution in [2.75, 3.05) is 6.26 Å². The van der Waals surface area contributed by atoms with Crippen molar-refractivity contribution in [1.82, 2.24) is 4.72 Å². The van der Waals surface area contributed by atoms with E-state index < -0.39 is 43.4 Å². The number of sulfonamides is 1. The Balaban J connectivity index is 2.14. The minimum absolute atomic E-state index is 0.0111. The lowest BCUT2D eigenvalue weighted by Crippen LogP contribution is -2.28. The molecule has 5 nitrogen and oxygen atoms in total. The molecule has 0 aliphatic carbocycles. The average molecular weight is 421 g/mol. The van der Waals surface area contributed by atoms with Gasteiger partial charge in [-0.1, -0.05) is 30.3 Å². The Morgan fingerprint density at radius 3 is 2.11 bits per heavy atom. The van der Waals surface area contributed by atoms with E-state index in [1.54, 1.807) is 6.92 Å². The highest BCUT2D eigenvalue weighted by molar-refractivity contribution is 7.90. The Labute approximate surface area is 156 Å². The molecule has 0 spiro atoms. The van der Waals surface area contributed by atoms with Crippen LogP contribution in [-0.4, -0.2) is 23.1 Å². The first-order valence-corrected chi connectivity index (χ1v) is 11.3. The van der Waals surface area contributed by atoms with E-state index in [-0.39, 0.29) is 10.5 Å². The molecule has 1 atom stereocenters. The molecule has 1 N–H and O–H groups in total. The molecule has 1 unspecified atom stereocenters. The maximum atomic E-state index is 12.7. The molecule has 0 aromatic heterocycles. The lowest BCUT2D eigenvalue weighted by Gasteiger charge is -2.15. The van der Waals surface area contributed by atoms with Crippen LogP contribution in [0, 0.1) is 0 Å². The third-order valence-corrected chi connectivity index (χ3v) is 6.33. The molecule has 0 saturated heterocycles. The molecule has 0 aliphatic heterocycles.